The van der Waals surface area contributed by atoms with Crippen LogP contribution >= 0.6 is 11.3 Å². The molecule has 2 aromatic rings. The standard InChI is InChI=1S/C15H19NO2S/c1-18-14-4-2-13(3-5-14)15(17)10-16-8-6-12-7-9-19-11-12/h2-5,7,9,11,15-17H,6,8,10H2,1H3. The zero-order valence-electron chi connectivity index (χ0n) is 11.0. The average Bonchev–Trinajstić information content (AvgIpc) is 2.96. The maximum absolute atomic E-state index is 10.0. The molecule has 0 radical (unpaired) electrons. The third kappa shape index (κ3) is 4.35. The molecule has 19 heavy (non-hydrogen) atoms. The molecule has 2 N–H and O–H groups in total. The van der Waals surface area contributed by atoms with Crippen LogP contribution in [-0.2, 0) is 6.42 Å². The largest absolute Gasteiger partial charge is 0.497 e. The summed E-state index contributed by atoms with van der Waals surface area (Å²) < 4.78 is 5.09. The Labute approximate surface area is 117 Å². The Bertz CT molecular complexity index is 467. The molecule has 0 saturated carbocycles. The number of rotatable bonds is 7. The van der Waals surface area contributed by atoms with Crippen molar-refractivity contribution in [2.45, 2.75) is 12.5 Å². The van der Waals surface area contributed by atoms with E-state index in [2.05, 4.69) is 22.1 Å². The number of ether oxygens (including phenoxy) is 1. The molecule has 0 aliphatic heterocycles. The summed E-state index contributed by atoms with van der Waals surface area (Å²) in [6.45, 7) is 1.44. The van der Waals surface area contributed by atoms with E-state index in [9.17, 15) is 5.11 Å². The molecule has 0 saturated heterocycles. The van der Waals surface area contributed by atoms with Crippen molar-refractivity contribution in [2.75, 3.05) is 20.2 Å². The highest BCUT2D eigenvalue weighted by Gasteiger charge is 2.06. The first-order valence-electron chi connectivity index (χ1n) is 6.33. The molecule has 4 heteroatoms. The molecule has 102 valence electrons. The summed E-state index contributed by atoms with van der Waals surface area (Å²) >= 11 is 1.72. The lowest BCUT2D eigenvalue weighted by molar-refractivity contribution is 0.175. The van der Waals surface area contributed by atoms with Gasteiger partial charge in [0.2, 0.25) is 0 Å². The van der Waals surface area contributed by atoms with Gasteiger partial charge in [-0.15, -0.1) is 0 Å². The fourth-order valence-corrected chi connectivity index (χ4v) is 2.55. The Balaban J connectivity index is 1.72. The van der Waals surface area contributed by atoms with Crippen molar-refractivity contribution in [2.24, 2.45) is 0 Å². The van der Waals surface area contributed by atoms with Crippen molar-refractivity contribution in [3.05, 3.63) is 52.2 Å². The highest BCUT2D eigenvalue weighted by Crippen LogP contribution is 2.16. The van der Waals surface area contributed by atoms with Crippen molar-refractivity contribution in [3.8, 4) is 5.75 Å². The smallest absolute Gasteiger partial charge is 0.118 e. The summed E-state index contributed by atoms with van der Waals surface area (Å²) in [6, 6.07) is 9.65. The van der Waals surface area contributed by atoms with Gasteiger partial charge in [-0.25, -0.2) is 0 Å². The fraction of sp³-hybridized carbons (Fsp3) is 0.333. The molecule has 0 aliphatic rings. The third-order valence-electron chi connectivity index (χ3n) is 3.01. The second kappa shape index (κ2) is 7.28. The monoisotopic (exact) mass is 277 g/mol. The Kier molecular flexibility index (Phi) is 5.39. The second-order valence-electron chi connectivity index (χ2n) is 4.37. The van der Waals surface area contributed by atoms with Crippen LogP contribution in [0.1, 0.15) is 17.2 Å². The van der Waals surface area contributed by atoms with E-state index in [0.717, 1.165) is 24.3 Å². The van der Waals surface area contributed by atoms with Gasteiger partial charge >= 0.3 is 0 Å². The summed E-state index contributed by atoms with van der Waals surface area (Å²) in [5.74, 6) is 0.807. The summed E-state index contributed by atoms with van der Waals surface area (Å²) in [4.78, 5) is 0. The van der Waals surface area contributed by atoms with Crippen molar-refractivity contribution in [3.63, 3.8) is 0 Å². The number of methoxy groups -OCH3 is 1. The van der Waals surface area contributed by atoms with Gasteiger partial charge in [0, 0.05) is 6.54 Å². The zero-order valence-corrected chi connectivity index (χ0v) is 11.8. The van der Waals surface area contributed by atoms with E-state index in [1.165, 1.54) is 5.56 Å². The van der Waals surface area contributed by atoms with Gasteiger partial charge in [0.1, 0.15) is 5.75 Å². The molecule has 0 amide bonds. The molecule has 0 aliphatic carbocycles. The van der Waals surface area contributed by atoms with E-state index in [1.807, 2.05) is 24.3 Å². The molecule has 0 bridgehead atoms. The molecule has 0 spiro atoms. The van der Waals surface area contributed by atoms with Crippen LogP contribution in [0, 0.1) is 0 Å². The Morgan fingerprint density at radius 3 is 2.68 bits per heavy atom. The number of benzene rings is 1. The first-order chi connectivity index (χ1) is 9.29. The van der Waals surface area contributed by atoms with E-state index in [-0.39, 0.29) is 0 Å². The van der Waals surface area contributed by atoms with Gasteiger partial charge in [-0.3, -0.25) is 0 Å². The molecule has 1 unspecified atom stereocenters. The summed E-state index contributed by atoms with van der Waals surface area (Å²) in [6.07, 6.45) is 0.520. The van der Waals surface area contributed by atoms with Crippen LogP contribution in [0.25, 0.3) is 0 Å². The van der Waals surface area contributed by atoms with Crippen molar-refractivity contribution in [1.29, 1.82) is 0 Å². The minimum absolute atomic E-state index is 0.478. The van der Waals surface area contributed by atoms with Crippen LogP contribution in [0.4, 0.5) is 0 Å². The predicted molar refractivity (Wildman–Crippen MR) is 78.8 cm³/mol. The Morgan fingerprint density at radius 2 is 2.05 bits per heavy atom. The second-order valence-corrected chi connectivity index (χ2v) is 5.15. The van der Waals surface area contributed by atoms with Gasteiger partial charge in [0.05, 0.1) is 13.2 Å². The molecule has 3 nitrogen and oxygen atoms in total. The van der Waals surface area contributed by atoms with Crippen molar-refractivity contribution >= 4 is 11.3 Å². The van der Waals surface area contributed by atoms with Gasteiger partial charge < -0.3 is 15.2 Å². The number of thiophene rings is 1. The highest BCUT2D eigenvalue weighted by molar-refractivity contribution is 7.07. The lowest BCUT2D eigenvalue weighted by atomic mass is 10.1. The van der Waals surface area contributed by atoms with Gasteiger partial charge in [-0.1, -0.05) is 12.1 Å². The van der Waals surface area contributed by atoms with Crippen molar-refractivity contribution < 1.29 is 9.84 Å². The zero-order chi connectivity index (χ0) is 13.5. The van der Waals surface area contributed by atoms with Crippen LogP contribution in [0.15, 0.2) is 41.1 Å². The van der Waals surface area contributed by atoms with E-state index in [4.69, 9.17) is 4.74 Å². The molecule has 2 rings (SSSR count). The van der Waals surface area contributed by atoms with Gasteiger partial charge in [0.15, 0.2) is 0 Å². The van der Waals surface area contributed by atoms with Crippen LogP contribution in [0.2, 0.25) is 0 Å². The van der Waals surface area contributed by atoms with Gasteiger partial charge in [-0.2, -0.15) is 11.3 Å². The van der Waals surface area contributed by atoms with Gasteiger partial charge in [0.25, 0.3) is 0 Å². The van der Waals surface area contributed by atoms with Crippen LogP contribution in [0.5, 0.6) is 5.75 Å². The van der Waals surface area contributed by atoms with Crippen LogP contribution < -0.4 is 10.1 Å². The quantitative estimate of drug-likeness (QED) is 0.764. The number of hydrogen-bond acceptors (Lipinski definition) is 4. The maximum Gasteiger partial charge on any atom is 0.118 e. The van der Waals surface area contributed by atoms with E-state index in [1.54, 1.807) is 18.4 Å². The molecular formula is C15H19NO2S. The fourth-order valence-electron chi connectivity index (χ4n) is 1.85. The number of aliphatic hydroxyl groups is 1. The minimum Gasteiger partial charge on any atom is -0.497 e. The van der Waals surface area contributed by atoms with E-state index in [0.29, 0.717) is 6.54 Å². The lowest BCUT2D eigenvalue weighted by Gasteiger charge is -2.12. The Morgan fingerprint density at radius 1 is 1.26 bits per heavy atom. The lowest BCUT2D eigenvalue weighted by Crippen LogP contribution is -2.23. The van der Waals surface area contributed by atoms with Crippen LogP contribution in [-0.4, -0.2) is 25.3 Å². The summed E-state index contributed by atoms with van der Waals surface area (Å²) in [7, 11) is 1.64. The molecule has 1 aromatic carbocycles. The first-order valence-corrected chi connectivity index (χ1v) is 7.27. The van der Waals surface area contributed by atoms with E-state index >= 15 is 0 Å². The first kappa shape index (κ1) is 14.1. The number of nitrogens with one attached hydrogen (secondary N) is 1. The van der Waals surface area contributed by atoms with Crippen LogP contribution in [0.3, 0.4) is 0 Å². The molecular weight excluding hydrogens is 258 g/mol. The minimum atomic E-state index is -0.478. The number of hydrogen-bond donors (Lipinski definition) is 2. The molecule has 1 heterocycles. The summed E-state index contributed by atoms with van der Waals surface area (Å²) in [5.41, 5.74) is 2.25. The number of aliphatic hydroxyl groups excluding tert-OH is 1. The van der Waals surface area contributed by atoms with Gasteiger partial charge in [-0.05, 0) is 53.1 Å². The van der Waals surface area contributed by atoms with Crippen molar-refractivity contribution in [1.82, 2.24) is 5.32 Å². The predicted octanol–water partition coefficient (Wildman–Crippen LogP) is 2.62. The Hall–Kier alpha value is -1.36. The summed E-state index contributed by atoms with van der Waals surface area (Å²) in [5, 5.41) is 17.6. The van der Waals surface area contributed by atoms with E-state index < -0.39 is 6.10 Å². The average molecular weight is 277 g/mol. The SMILES string of the molecule is COc1ccc(C(O)CNCCc2ccsc2)cc1. The molecule has 1 aromatic heterocycles. The molecule has 0 fully saturated rings. The molecule has 1 atom stereocenters. The third-order valence-corrected chi connectivity index (χ3v) is 3.74. The topological polar surface area (TPSA) is 41.5 Å². The maximum atomic E-state index is 10.0. The normalized spacial score (nSPS) is 12.3. The highest BCUT2D eigenvalue weighted by atomic mass is 32.1.